The van der Waals surface area contributed by atoms with Gasteiger partial charge < -0.3 is 10.1 Å². The molecule has 3 rings (SSSR count). The van der Waals surface area contributed by atoms with E-state index in [4.69, 9.17) is 4.74 Å². The van der Waals surface area contributed by atoms with Gasteiger partial charge in [-0.1, -0.05) is 6.92 Å². The van der Waals surface area contributed by atoms with Crippen molar-refractivity contribution in [1.82, 2.24) is 5.32 Å². The number of halogens is 1. The molecule has 100 valence electrons. The van der Waals surface area contributed by atoms with Gasteiger partial charge in [0, 0.05) is 21.3 Å². The van der Waals surface area contributed by atoms with E-state index in [1.165, 1.54) is 28.6 Å². The zero-order valence-corrected chi connectivity index (χ0v) is 13.1. The lowest BCUT2D eigenvalue weighted by molar-refractivity contribution is 0.0859. The van der Waals surface area contributed by atoms with E-state index in [1.54, 1.807) is 0 Å². The lowest BCUT2D eigenvalue weighted by Gasteiger charge is -2.29. The Kier molecular flexibility index (Phi) is 4.09. The molecule has 18 heavy (non-hydrogen) atoms. The summed E-state index contributed by atoms with van der Waals surface area (Å²) >= 11 is 5.50. The summed E-state index contributed by atoms with van der Waals surface area (Å²) in [6.45, 7) is 3.24. The summed E-state index contributed by atoms with van der Waals surface area (Å²) in [5, 5.41) is 5.85. The van der Waals surface area contributed by atoms with Crippen LogP contribution in [0, 0.1) is 5.92 Å². The van der Waals surface area contributed by atoms with Gasteiger partial charge in [0.2, 0.25) is 0 Å². The van der Waals surface area contributed by atoms with Crippen LogP contribution in [0.1, 0.15) is 31.1 Å². The van der Waals surface area contributed by atoms with Crippen LogP contribution in [0.4, 0.5) is 0 Å². The Bertz CT molecular complexity index is 408. The molecule has 1 aromatic rings. The molecule has 0 saturated carbocycles. The Morgan fingerprint density at radius 3 is 3.00 bits per heavy atom. The van der Waals surface area contributed by atoms with Crippen LogP contribution in [0.25, 0.3) is 0 Å². The first kappa shape index (κ1) is 13.1. The smallest absolute Gasteiger partial charge is 0.0623 e. The van der Waals surface area contributed by atoms with Crippen LogP contribution in [0.3, 0.4) is 0 Å². The molecule has 2 saturated heterocycles. The Morgan fingerprint density at radius 1 is 1.56 bits per heavy atom. The van der Waals surface area contributed by atoms with Crippen molar-refractivity contribution in [3.63, 3.8) is 0 Å². The largest absolute Gasteiger partial charge is 0.375 e. The fraction of sp³-hybridized carbons (Fsp3) is 0.714. The van der Waals surface area contributed by atoms with E-state index < -0.39 is 0 Å². The number of fused-ring (bicyclic) bond motifs is 2. The molecular weight excluding hydrogens is 310 g/mol. The SMILES string of the molecule is CCNC(Cc1sccc1Br)C1CC2CCC1O2. The van der Waals surface area contributed by atoms with Crippen molar-refractivity contribution < 1.29 is 4.74 Å². The summed E-state index contributed by atoms with van der Waals surface area (Å²) in [5.74, 6) is 0.706. The molecule has 4 unspecified atom stereocenters. The molecule has 0 spiro atoms. The van der Waals surface area contributed by atoms with Crippen LogP contribution in [0.5, 0.6) is 0 Å². The third kappa shape index (κ3) is 2.53. The predicted molar refractivity (Wildman–Crippen MR) is 79.2 cm³/mol. The number of likely N-dealkylation sites (N-methyl/N-ethyl adjacent to an activating group) is 1. The van der Waals surface area contributed by atoms with Crippen molar-refractivity contribution in [2.45, 2.75) is 50.9 Å². The molecular formula is C14H20BrNOS. The minimum Gasteiger partial charge on any atom is -0.375 e. The molecule has 2 bridgehead atoms. The van der Waals surface area contributed by atoms with Crippen molar-refractivity contribution in [3.05, 3.63) is 20.8 Å². The third-order valence-corrected chi connectivity index (χ3v) is 6.18. The summed E-state index contributed by atoms with van der Waals surface area (Å²) in [6, 6.07) is 2.72. The molecule has 0 radical (unpaired) electrons. The van der Waals surface area contributed by atoms with Crippen LogP contribution in [-0.4, -0.2) is 24.8 Å². The first-order chi connectivity index (χ1) is 8.78. The van der Waals surface area contributed by atoms with Crippen molar-refractivity contribution in [1.29, 1.82) is 0 Å². The lowest BCUT2D eigenvalue weighted by Crippen LogP contribution is -2.42. The maximum absolute atomic E-state index is 6.01. The van der Waals surface area contributed by atoms with Gasteiger partial charge in [0.05, 0.1) is 12.2 Å². The normalized spacial score (nSPS) is 32.0. The standard InChI is InChI=1S/C14H20BrNOS/c1-2-16-12(8-14-11(15)5-6-18-14)10-7-9-3-4-13(10)17-9/h5-6,9-10,12-13,16H,2-4,7-8H2,1H3. The fourth-order valence-electron chi connectivity index (χ4n) is 3.41. The molecule has 0 aromatic carbocycles. The van der Waals surface area contributed by atoms with E-state index in [0.29, 0.717) is 24.2 Å². The molecule has 2 aliphatic rings. The van der Waals surface area contributed by atoms with Gasteiger partial charge in [-0.25, -0.2) is 0 Å². The van der Waals surface area contributed by atoms with Gasteiger partial charge in [0.1, 0.15) is 0 Å². The van der Waals surface area contributed by atoms with E-state index in [0.717, 1.165) is 13.0 Å². The predicted octanol–water partition coefficient (Wildman–Crippen LogP) is 3.60. The highest BCUT2D eigenvalue weighted by Crippen LogP contribution is 2.41. The van der Waals surface area contributed by atoms with Gasteiger partial charge in [-0.2, -0.15) is 0 Å². The second kappa shape index (κ2) is 5.61. The Morgan fingerprint density at radius 2 is 2.44 bits per heavy atom. The summed E-state index contributed by atoms with van der Waals surface area (Å²) in [5.41, 5.74) is 0. The molecule has 3 heterocycles. The van der Waals surface area contributed by atoms with Crippen LogP contribution >= 0.6 is 27.3 Å². The average Bonchev–Trinajstić information content (AvgIpc) is 3.06. The molecule has 2 fully saturated rings. The van der Waals surface area contributed by atoms with Crippen molar-refractivity contribution in [2.24, 2.45) is 5.92 Å². The van der Waals surface area contributed by atoms with Gasteiger partial charge in [0.25, 0.3) is 0 Å². The molecule has 4 heteroatoms. The molecule has 0 amide bonds. The van der Waals surface area contributed by atoms with Crippen molar-refractivity contribution in [2.75, 3.05) is 6.54 Å². The van der Waals surface area contributed by atoms with Gasteiger partial charge >= 0.3 is 0 Å². The minimum atomic E-state index is 0.512. The molecule has 2 aliphatic heterocycles. The topological polar surface area (TPSA) is 21.3 Å². The van der Waals surface area contributed by atoms with E-state index in [1.807, 2.05) is 11.3 Å². The lowest BCUT2D eigenvalue weighted by atomic mass is 9.82. The summed E-state index contributed by atoms with van der Waals surface area (Å²) in [7, 11) is 0. The van der Waals surface area contributed by atoms with Gasteiger partial charge in [-0.05, 0) is 59.6 Å². The summed E-state index contributed by atoms with van der Waals surface area (Å²) < 4.78 is 7.28. The molecule has 1 aromatic heterocycles. The van der Waals surface area contributed by atoms with E-state index >= 15 is 0 Å². The number of hydrogen-bond donors (Lipinski definition) is 1. The Hall–Kier alpha value is 0.1000. The number of rotatable bonds is 5. The highest BCUT2D eigenvalue weighted by Gasteiger charge is 2.44. The second-order valence-corrected chi connectivity index (χ2v) is 7.19. The van der Waals surface area contributed by atoms with Crippen LogP contribution < -0.4 is 5.32 Å². The number of ether oxygens (including phenoxy) is 1. The molecule has 0 aliphatic carbocycles. The van der Waals surface area contributed by atoms with Gasteiger partial charge in [-0.15, -0.1) is 11.3 Å². The van der Waals surface area contributed by atoms with E-state index in [9.17, 15) is 0 Å². The summed E-state index contributed by atoms with van der Waals surface area (Å²) in [4.78, 5) is 1.46. The minimum absolute atomic E-state index is 0.512. The zero-order chi connectivity index (χ0) is 12.5. The number of thiophene rings is 1. The average molecular weight is 330 g/mol. The fourth-order valence-corrected chi connectivity index (χ4v) is 4.98. The van der Waals surface area contributed by atoms with Crippen LogP contribution in [0.15, 0.2) is 15.9 Å². The van der Waals surface area contributed by atoms with Gasteiger partial charge in [-0.3, -0.25) is 0 Å². The van der Waals surface area contributed by atoms with E-state index in [2.05, 4.69) is 39.6 Å². The van der Waals surface area contributed by atoms with E-state index in [-0.39, 0.29) is 0 Å². The van der Waals surface area contributed by atoms with Crippen molar-refractivity contribution in [3.8, 4) is 0 Å². The highest BCUT2D eigenvalue weighted by molar-refractivity contribution is 9.10. The molecule has 2 nitrogen and oxygen atoms in total. The van der Waals surface area contributed by atoms with Gasteiger partial charge in [0.15, 0.2) is 0 Å². The Labute approximate surface area is 121 Å². The van der Waals surface area contributed by atoms with Crippen LogP contribution in [0.2, 0.25) is 0 Å². The quantitative estimate of drug-likeness (QED) is 0.891. The second-order valence-electron chi connectivity index (χ2n) is 5.33. The monoisotopic (exact) mass is 329 g/mol. The van der Waals surface area contributed by atoms with Crippen molar-refractivity contribution >= 4 is 27.3 Å². The number of hydrogen-bond acceptors (Lipinski definition) is 3. The first-order valence-corrected chi connectivity index (χ1v) is 8.56. The first-order valence-electron chi connectivity index (χ1n) is 6.88. The summed E-state index contributed by atoms with van der Waals surface area (Å²) in [6.07, 6.45) is 5.99. The third-order valence-electron chi connectivity index (χ3n) is 4.23. The maximum atomic E-state index is 6.01. The van der Waals surface area contributed by atoms with Crippen LogP contribution in [-0.2, 0) is 11.2 Å². The number of nitrogens with one attached hydrogen (secondary N) is 1. The zero-order valence-electron chi connectivity index (χ0n) is 10.7. The molecule has 4 atom stereocenters. The highest BCUT2D eigenvalue weighted by atomic mass is 79.9. The maximum Gasteiger partial charge on any atom is 0.0623 e. The molecule has 1 N–H and O–H groups in total. The Balaban J connectivity index is 1.70.